The Morgan fingerprint density at radius 3 is 2.43 bits per heavy atom. The van der Waals surface area contributed by atoms with E-state index in [0.29, 0.717) is 0 Å². The summed E-state index contributed by atoms with van der Waals surface area (Å²) in [5.41, 5.74) is -0.599. The summed E-state index contributed by atoms with van der Waals surface area (Å²) in [5, 5.41) is 12.4. The number of benzene rings is 1. The van der Waals surface area contributed by atoms with Gasteiger partial charge in [-0.1, -0.05) is 6.07 Å². The van der Waals surface area contributed by atoms with Gasteiger partial charge in [0.25, 0.3) is 5.91 Å². The van der Waals surface area contributed by atoms with Crippen LogP contribution in [0.1, 0.15) is 38.1 Å². The number of carbonyl (C=O) groups excluding carboxylic acids is 2. The maximum absolute atomic E-state index is 12.1. The third-order valence-electron chi connectivity index (χ3n) is 2.57. The zero-order chi connectivity index (χ0) is 16.2. The topological polar surface area (TPSA) is 84.9 Å². The third-order valence-corrected chi connectivity index (χ3v) is 2.57. The molecule has 0 saturated heterocycles. The van der Waals surface area contributed by atoms with Gasteiger partial charge in [0.05, 0.1) is 12.7 Å². The molecule has 0 unspecified atom stereocenters. The number of hydrogen-bond donors (Lipinski definition) is 2. The molecule has 1 aromatic rings. The van der Waals surface area contributed by atoms with E-state index in [1.165, 1.54) is 26.2 Å². The lowest BCUT2D eigenvalue weighted by atomic mass is 10.1. The summed E-state index contributed by atoms with van der Waals surface area (Å²) in [6.07, 6.45) is 0. The number of nitrogens with one attached hydrogen (secondary N) is 1. The van der Waals surface area contributed by atoms with Crippen molar-refractivity contribution in [3.8, 4) is 11.5 Å². The van der Waals surface area contributed by atoms with Crippen LogP contribution in [0.5, 0.6) is 11.5 Å². The van der Waals surface area contributed by atoms with Crippen LogP contribution in [0.4, 0.5) is 0 Å². The maximum atomic E-state index is 12.1. The van der Waals surface area contributed by atoms with E-state index < -0.39 is 23.5 Å². The van der Waals surface area contributed by atoms with Gasteiger partial charge in [0.15, 0.2) is 11.5 Å². The Balaban J connectivity index is 2.80. The number of phenolic OH excluding ortho intramolecular Hbond substituents is 1. The predicted octanol–water partition coefficient (Wildman–Crippen LogP) is 1.86. The van der Waals surface area contributed by atoms with E-state index in [1.54, 1.807) is 26.8 Å². The number of phenols is 1. The molecule has 2 N–H and O–H groups in total. The third kappa shape index (κ3) is 4.66. The fourth-order valence-electron chi connectivity index (χ4n) is 1.59. The lowest BCUT2D eigenvalue weighted by molar-refractivity contribution is -0.156. The van der Waals surface area contributed by atoms with Crippen molar-refractivity contribution in [1.29, 1.82) is 0 Å². The molecular formula is C15H21NO5. The number of ether oxygens (including phenoxy) is 2. The molecule has 0 heterocycles. The number of amides is 1. The normalized spacial score (nSPS) is 12.4. The lowest BCUT2D eigenvalue weighted by Crippen LogP contribution is -2.42. The van der Waals surface area contributed by atoms with Crippen molar-refractivity contribution in [2.75, 3.05) is 7.11 Å². The van der Waals surface area contributed by atoms with E-state index >= 15 is 0 Å². The minimum atomic E-state index is -0.831. The Bertz CT molecular complexity index is 533. The first-order valence-electron chi connectivity index (χ1n) is 6.55. The molecule has 6 heteroatoms. The Morgan fingerprint density at radius 2 is 1.90 bits per heavy atom. The molecule has 1 amide bonds. The average Bonchev–Trinajstić information content (AvgIpc) is 2.36. The average molecular weight is 295 g/mol. The zero-order valence-corrected chi connectivity index (χ0v) is 12.9. The molecule has 0 spiro atoms. The van der Waals surface area contributed by atoms with Crippen LogP contribution < -0.4 is 10.1 Å². The fraction of sp³-hybridized carbons (Fsp3) is 0.467. The first-order chi connectivity index (χ1) is 9.65. The first kappa shape index (κ1) is 16.8. The summed E-state index contributed by atoms with van der Waals surface area (Å²) < 4.78 is 10.1. The molecule has 0 bridgehead atoms. The molecule has 0 aliphatic rings. The highest BCUT2D eigenvalue weighted by atomic mass is 16.6. The number of hydrogen-bond acceptors (Lipinski definition) is 5. The number of carbonyl (C=O) groups is 2. The first-order valence-corrected chi connectivity index (χ1v) is 6.55. The molecule has 1 atom stereocenters. The van der Waals surface area contributed by atoms with Crippen LogP contribution in [-0.4, -0.2) is 35.7 Å². The highest BCUT2D eigenvalue weighted by Gasteiger charge is 2.24. The molecule has 1 rings (SSSR count). The van der Waals surface area contributed by atoms with Gasteiger partial charge in [0, 0.05) is 0 Å². The van der Waals surface area contributed by atoms with Crippen molar-refractivity contribution in [3.05, 3.63) is 23.8 Å². The summed E-state index contributed by atoms with van der Waals surface area (Å²) in [5.74, 6) is -1.20. The molecule has 0 fully saturated rings. The number of aromatic hydroxyl groups is 1. The standard InChI is InChI=1S/C15H21NO5/c1-9(14(19)21-15(2,3)4)16-13(18)10-7-6-8-11(20-5)12(10)17/h6-9,17H,1-5H3,(H,16,18)/t9-/m0/s1. The fourth-order valence-corrected chi connectivity index (χ4v) is 1.59. The van der Waals surface area contributed by atoms with E-state index in [9.17, 15) is 14.7 Å². The smallest absolute Gasteiger partial charge is 0.328 e. The van der Waals surface area contributed by atoms with E-state index in [0.717, 1.165) is 0 Å². The molecule has 0 aliphatic heterocycles. The highest BCUT2D eigenvalue weighted by molar-refractivity contribution is 5.99. The van der Waals surface area contributed by atoms with Crippen LogP contribution in [0.3, 0.4) is 0 Å². The van der Waals surface area contributed by atoms with Crippen molar-refractivity contribution in [3.63, 3.8) is 0 Å². The molecule has 0 aromatic heterocycles. The molecule has 0 saturated carbocycles. The molecule has 1 aromatic carbocycles. The highest BCUT2D eigenvalue weighted by Crippen LogP contribution is 2.29. The predicted molar refractivity (Wildman–Crippen MR) is 77.4 cm³/mol. The van der Waals surface area contributed by atoms with E-state index in [4.69, 9.17) is 9.47 Å². The largest absolute Gasteiger partial charge is 0.504 e. The minimum Gasteiger partial charge on any atom is -0.504 e. The van der Waals surface area contributed by atoms with Crippen LogP contribution in [0.2, 0.25) is 0 Å². The van der Waals surface area contributed by atoms with Gasteiger partial charge in [-0.25, -0.2) is 4.79 Å². The summed E-state index contributed by atoms with van der Waals surface area (Å²) in [7, 11) is 1.39. The van der Waals surface area contributed by atoms with Crippen LogP contribution in [0.15, 0.2) is 18.2 Å². The summed E-state index contributed by atoms with van der Waals surface area (Å²) >= 11 is 0. The number of esters is 1. The van der Waals surface area contributed by atoms with Gasteiger partial charge in [-0.3, -0.25) is 4.79 Å². The lowest BCUT2D eigenvalue weighted by Gasteiger charge is -2.22. The van der Waals surface area contributed by atoms with E-state index in [-0.39, 0.29) is 17.1 Å². The second-order valence-corrected chi connectivity index (χ2v) is 5.59. The maximum Gasteiger partial charge on any atom is 0.328 e. The monoisotopic (exact) mass is 295 g/mol. The quantitative estimate of drug-likeness (QED) is 0.828. The van der Waals surface area contributed by atoms with Gasteiger partial charge >= 0.3 is 5.97 Å². The Kier molecular flexibility index (Phi) is 5.18. The molecule has 0 aliphatic carbocycles. The van der Waals surface area contributed by atoms with Gasteiger partial charge in [0.1, 0.15) is 11.6 Å². The minimum absolute atomic E-state index is 0.0322. The summed E-state index contributed by atoms with van der Waals surface area (Å²) in [6, 6.07) is 3.71. The van der Waals surface area contributed by atoms with Crippen molar-refractivity contribution in [1.82, 2.24) is 5.32 Å². The molecule has 116 valence electrons. The van der Waals surface area contributed by atoms with Crippen LogP contribution in [0.25, 0.3) is 0 Å². The summed E-state index contributed by atoms with van der Waals surface area (Å²) in [6.45, 7) is 6.75. The van der Waals surface area contributed by atoms with Gasteiger partial charge < -0.3 is 19.9 Å². The molecule has 21 heavy (non-hydrogen) atoms. The molecule has 0 radical (unpaired) electrons. The Morgan fingerprint density at radius 1 is 1.29 bits per heavy atom. The van der Waals surface area contributed by atoms with Crippen LogP contribution in [0, 0.1) is 0 Å². The van der Waals surface area contributed by atoms with Gasteiger partial charge in [-0.15, -0.1) is 0 Å². The van der Waals surface area contributed by atoms with Gasteiger partial charge in [0.2, 0.25) is 0 Å². The molecular weight excluding hydrogens is 274 g/mol. The number of para-hydroxylation sites is 1. The number of methoxy groups -OCH3 is 1. The van der Waals surface area contributed by atoms with Gasteiger partial charge in [-0.2, -0.15) is 0 Å². The SMILES string of the molecule is COc1cccc(C(=O)N[C@@H](C)C(=O)OC(C)(C)C)c1O. The number of rotatable bonds is 4. The zero-order valence-electron chi connectivity index (χ0n) is 12.9. The second kappa shape index (κ2) is 6.47. The van der Waals surface area contributed by atoms with Crippen LogP contribution >= 0.6 is 0 Å². The second-order valence-electron chi connectivity index (χ2n) is 5.59. The van der Waals surface area contributed by atoms with E-state index in [1.807, 2.05) is 0 Å². The Labute approximate surface area is 124 Å². The van der Waals surface area contributed by atoms with Crippen molar-refractivity contribution >= 4 is 11.9 Å². The van der Waals surface area contributed by atoms with E-state index in [2.05, 4.69) is 5.32 Å². The van der Waals surface area contributed by atoms with Crippen molar-refractivity contribution in [2.24, 2.45) is 0 Å². The van der Waals surface area contributed by atoms with Crippen molar-refractivity contribution in [2.45, 2.75) is 39.3 Å². The molecule has 6 nitrogen and oxygen atoms in total. The summed E-state index contributed by atoms with van der Waals surface area (Å²) in [4.78, 5) is 23.9. The van der Waals surface area contributed by atoms with Crippen LogP contribution in [-0.2, 0) is 9.53 Å². The Hall–Kier alpha value is -2.24. The van der Waals surface area contributed by atoms with Gasteiger partial charge in [-0.05, 0) is 39.8 Å². The van der Waals surface area contributed by atoms with Crippen molar-refractivity contribution < 1.29 is 24.2 Å².